The Labute approximate surface area is 73.2 Å². The van der Waals surface area contributed by atoms with Crippen molar-refractivity contribution in [3.8, 4) is 0 Å². The van der Waals surface area contributed by atoms with Gasteiger partial charge in [0.2, 0.25) is 0 Å². The molecule has 0 aromatic rings. The molecule has 0 radical (unpaired) electrons. The van der Waals surface area contributed by atoms with E-state index >= 15 is 0 Å². The number of hydrogen-bond donors (Lipinski definition) is 1. The van der Waals surface area contributed by atoms with Gasteiger partial charge in [-0.2, -0.15) is 13.2 Å². The lowest BCUT2D eigenvalue weighted by atomic mass is 10.1. The van der Waals surface area contributed by atoms with Crippen molar-refractivity contribution in [3.63, 3.8) is 0 Å². The fraction of sp³-hybridized carbons (Fsp3) is 0.857. The third kappa shape index (κ3) is 1.77. The summed E-state index contributed by atoms with van der Waals surface area (Å²) in [5.74, 6) is -1.08. The van der Waals surface area contributed by atoms with E-state index in [4.69, 9.17) is 0 Å². The summed E-state index contributed by atoms with van der Waals surface area (Å²) in [5.41, 5.74) is -2.55. The quantitative estimate of drug-likeness (QED) is 0.681. The first-order chi connectivity index (χ1) is 5.94. The van der Waals surface area contributed by atoms with Crippen LogP contribution in [0.5, 0.6) is 0 Å². The van der Waals surface area contributed by atoms with Crippen LogP contribution in [0.15, 0.2) is 0 Å². The Morgan fingerprint density at radius 1 is 1.62 bits per heavy atom. The van der Waals surface area contributed by atoms with Gasteiger partial charge in [-0.05, 0) is 6.42 Å². The molecule has 0 aliphatic carbocycles. The maximum absolute atomic E-state index is 12.2. The summed E-state index contributed by atoms with van der Waals surface area (Å²) in [6.45, 7) is 1.43. The summed E-state index contributed by atoms with van der Waals surface area (Å²) in [6, 6.07) is 0. The molecule has 1 amide bonds. The molecule has 1 aliphatic rings. The summed E-state index contributed by atoms with van der Waals surface area (Å²) in [7, 11) is 0. The molecular weight excluding hydrogens is 187 g/mol. The summed E-state index contributed by atoms with van der Waals surface area (Å²) in [5, 5.41) is 2.16. The molecule has 0 saturated carbocycles. The number of carbonyl (C=O) groups excluding carboxylic acids is 1. The monoisotopic (exact) mass is 197 g/mol. The van der Waals surface area contributed by atoms with Crippen molar-refractivity contribution < 1.29 is 22.7 Å². The van der Waals surface area contributed by atoms with E-state index < -0.39 is 24.3 Å². The lowest BCUT2D eigenvalue weighted by Gasteiger charge is -2.14. The van der Waals surface area contributed by atoms with Gasteiger partial charge in [-0.1, -0.05) is 6.92 Å². The van der Waals surface area contributed by atoms with E-state index in [0.29, 0.717) is 6.42 Å². The molecule has 13 heavy (non-hydrogen) atoms. The highest BCUT2D eigenvalue weighted by molar-refractivity contribution is 5.88. The average molecular weight is 197 g/mol. The smallest absolute Gasteiger partial charge is 0.353 e. The van der Waals surface area contributed by atoms with Crippen molar-refractivity contribution in [2.45, 2.75) is 25.1 Å². The number of rotatable bonds is 3. The highest BCUT2D eigenvalue weighted by Gasteiger charge is 2.71. The minimum atomic E-state index is -4.61. The molecule has 1 atom stereocenters. The number of alkyl halides is 3. The third-order valence-corrected chi connectivity index (χ3v) is 1.79. The van der Waals surface area contributed by atoms with Gasteiger partial charge in [0.1, 0.15) is 0 Å². The van der Waals surface area contributed by atoms with Crippen molar-refractivity contribution >= 4 is 5.91 Å². The van der Waals surface area contributed by atoms with Crippen LogP contribution in [0.25, 0.3) is 0 Å². The highest BCUT2D eigenvalue weighted by atomic mass is 19.4. The van der Waals surface area contributed by atoms with Gasteiger partial charge >= 0.3 is 6.18 Å². The molecule has 0 aromatic carbocycles. The highest BCUT2D eigenvalue weighted by Crippen LogP contribution is 2.43. The van der Waals surface area contributed by atoms with E-state index in [2.05, 4.69) is 10.1 Å². The second-order valence-corrected chi connectivity index (χ2v) is 2.87. The van der Waals surface area contributed by atoms with Gasteiger partial charge in [0.05, 0.1) is 6.61 Å². The van der Waals surface area contributed by atoms with Crippen LogP contribution in [-0.4, -0.2) is 30.8 Å². The van der Waals surface area contributed by atoms with Gasteiger partial charge in [-0.25, -0.2) is 0 Å². The minimum Gasteiger partial charge on any atom is -0.353 e. The number of halogens is 3. The number of epoxide rings is 1. The number of nitrogens with one attached hydrogen (secondary N) is 1. The summed E-state index contributed by atoms with van der Waals surface area (Å²) < 4.78 is 40.7. The zero-order chi connectivity index (χ0) is 10.1. The van der Waals surface area contributed by atoms with E-state index in [0.717, 1.165) is 0 Å². The molecule has 76 valence electrons. The maximum atomic E-state index is 12.2. The Morgan fingerprint density at radius 3 is 2.46 bits per heavy atom. The Balaban J connectivity index is 2.56. The van der Waals surface area contributed by atoms with Crippen LogP contribution in [0.2, 0.25) is 0 Å². The van der Waals surface area contributed by atoms with Crippen molar-refractivity contribution in [1.29, 1.82) is 0 Å². The van der Waals surface area contributed by atoms with Gasteiger partial charge in [-0.15, -0.1) is 0 Å². The number of ether oxygens (including phenoxy) is 1. The van der Waals surface area contributed by atoms with Crippen molar-refractivity contribution in [3.05, 3.63) is 0 Å². The first-order valence-corrected chi connectivity index (χ1v) is 3.93. The Kier molecular flexibility index (Phi) is 2.51. The van der Waals surface area contributed by atoms with Crippen LogP contribution in [0, 0.1) is 0 Å². The first kappa shape index (κ1) is 10.3. The molecule has 1 aliphatic heterocycles. The molecule has 0 unspecified atom stereocenters. The van der Waals surface area contributed by atoms with E-state index in [9.17, 15) is 18.0 Å². The largest absolute Gasteiger partial charge is 0.428 e. The Morgan fingerprint density at radius 2 is 2.15 bits per heavy atom. The van der Waals surface area contributed by atoms with Crippen LogP contribution >= 0.6 is 0 Å². The molecule has 1 fully saturated rings. The fourth-order valence-electron chi connectivity index (χ4n) is 0.877. The average Bonchev–Trinajstić information content (AvgIpc) is 2.78. The van der Waals surface area contributed by atoms with E-state index in [1.807, 2.05) is 0 Å². The zero-order valence-electron chi connectivity index (χ0n) is 7.07. The first-order valence-electron chi connectivity index (χ1n) is 3.93. The predicted octanol–water partition coefficient (Wildman–Crippen LogP) is 0.844. The summed E-state index contributed by atoms with van der Waals surface area (Å²) >= 11 is 0. The van der Waals surface area contributed by atoms with Gasteiger partial charge in [0.15, 0.2) is 0 Å². The number of amides is 1. The van der Waals surface area contributed by atoms with Gasteiger partial charge in [0.25, 0.3) is 11.5 Å². The molecule has 1 saturated heterocycles. The van der Waals surface area contributed by atoms with E-state index in [-0.39, 0.29) is 6.54 Å². The molecule has 1 heterocycles. The van der Waals surface area contributed by atoms with Crippen molar-refractivity contribution in [1.82, 2.24) is 5.32 Å². The normalized spacial score (nSPS) is 27.1. The van der Waals surface area contributed by atoms with Crippen molar-refractivity contribution in [2.75, 3.05) is 13.2 Å². The molecular formula is C7H10F3NO2. The Bertz CT molecular complexity index is 210. The van der Waals surface area contributed by atoms with Gasteiger partial charge in [-0.3, -0.25) is 4.79 Å². The minimum absolute atomic E-state index is 0.236. The molecule has 3 nitrogen and oxygen atoms in total. The van der Waals surface area contributed by atoms with Crippen LogP contribution in [0.1, 0.15) is 13.3 Å². The zero-order valence-corrected chi connectivity index (χ0v) is 7.07. The molecule has 0 spiro atoms. The lowest BCUT2D eigenvalue weighted by molar-refractivity contribution is -0.189. The van der Waals surface area contributed by atoms with Crippen LogP contribution in [-0.2, 0) is 9.53 Å². The van der Waals surface area contributed by atoms with E-state index in [1.165, 1.54) is 0 Å². The van der Waals surface area contributed by atoms with Crippen LogP contribution in [0.4, 0.5) is 13.2 Å². The molecule has 6 heteroatoms. The maximum Gasteiger partial charge on any atom is 0.428 e. The Hall–Kier alpha value is -0.780. The molecule has 1 N–H and O–H groups in total. The third-order valence-electron chi connectivity index (χ3n) is 1.79. The standard InChI is InChI=1S/C7H10F3NO2/c1-2-3-11-5(12)6(4-13-6)7(8,9)10/h2-4H2,1H3,(H,11,12)/t6-/m1/s1. The SMILES string of the molecule is CCCNC(=O)[C@@]1(C(F)(F)F)CO1. The van der Waals surface area contributed by atoms with Gasteiger partial charge in [0, 0.05) is 6.54 Å². The lowest BCUT2D eigenvalue weighted by Crippen LogP contribution is -2.47. The van der Waals surface area contributed by atoms with E-state index in [1.54, 1.807) is 6.92 Å². The van der Waals surface area contributed by atoms with Crippen LogP contribution in [0.3, 0.4) is 0 Å². The fourth-order valence-corrected chi connectivity index (χ4v) is 0.877. The summed E-state index contributed by atoms with van der Waals surface area (Å²) in [4.78, 5) is 11.0. The molecule has 0 aromatic heterocycles. The second-order valence-electron chi connectivity index (χ2n) is 2.87. The second kappa shape index (κ2) is 3.17. The number of carbonyl (C=O) groups is 1. The summed E-state index contributed by atoms with van der Waals surface area (Å²) in [6.07, 6.45) is -4.01. The molecule has 1 rings (SSSR count). The topological polar surface area (TPSA) is 41.6 Å². The van der Waals surface area contributed by atoms with Crippen LogP contribution < -0.4 is 5.32 Å². The van der Waals surface area contributed by atoms with Gasteiger partial charge < -0.3 is 10.1 Å². The molecule has 0 bridgehead atoms. The van der Waals surface area contributed by atoms with Crippen molar-refractivity contribution in [2.24, 2.45) is 0 Å². The predicted molar refractivity (Wildman–Crippen MR) is 38.0 cm³/mol. The number of hydrogen-bond acceptors (Lipinski definition) is 2.